The van der Waals surface area contributed by atoms with E-state index in [-0.39, 0.29) is 6.61 Å². The lowest BCUT2D eigenvalue weighted by molar-refractivity contribution is 0.288. The lowest BCUT2D eigenvalue weighted by Crippen LogP contribution is -2.32. The SMILES string of the molecule is CCOc1cccc(N(CCCO)C(C)C)n1. The fourth-order valence-electron chi connectivity index (χ4n) is 1.67. The van der Waals surface area contributed by atoms with Crippen molar-refractivity contribution >= 4 is 5.82 Å². The number of hydrogen-bond acceptors (Lipinski definition) is 4. The van der Waals surface area contributed by atoms with Crippen LogP contribution in [0.5, 0.6) is 5.88 Å². The number of nitrogens with zero attached hydrogens (tertiary/aromatic N) is 2. The molecule has 0 saturated heterocycles. The molecule has 0 fully saturated rings. The van der Waals surface area contributed by atoms with Crippen molar-refractivity contribution in [3.8, 4) is 5.88 Å². The summed E-state index contributed by atoms with van der Waals surface area (Å²) in [7, 11) is 0. The minimum Gasteiger partial charge on any atom is -0.478 e. The highest BCUT2D eigenvalue weighted by molar-refractivity contribution is 5.41. The zero-order chi connectivity index (χ0) is 12.7. The lowest BCUT2D eigenvalue weighted by atomic mass is 10.2. The lowest BCUT2D eigenvalue weighted by Gasteiger charge is -2.27. The summed E-state index contributed by atoms with van der Waals surface area (Å²) >= 11 is 0. The standard InChI is InChI=1S/C13H22N2O2/c1-4-17-13-8-5-7-12(14-13)15(11(2)3)9-6-10-16/h5,7-8,11,16H,4,6,9-10H2,1-3H3. The maximum atomic E-state index is 8.91. The predicted molar refractivity (Wildman–Crippen MR) is 69.6 cm³/mol. The molecule has 0 aliphatic heterocycles. The predicted octanol–water partition coefficient (Wildman–Crippen LogP) is 2.08. The van der Waals surface area contributed by atoms with Crippen LogP contribution < -0.4 is 9.64 Å². The minimum atomic E-state index is 0.203. The first kappa shape index (κ1) is 13.8. The van der Waals surface area contributed by atoms with Crippen LogP contribution in [0.1, 0.15) is 27.2 Å². The molecule has 1 aromatic rings. The number of aliphatic hydroxyl groups excluding tert-OH is 1. The second kappa shape index (κ2) is 7.12. The van der Waals surface area contributed by atoms with Crippen LogP contribution in [-0.2, 0) is 0 Å². The van der Waals surface area contributed by atoms with Crippen LogP contribution in [0.15, 0.2) is 18.2 Å². The molecular weight excluding hydrogens is 216 g/mol. The summed E-state index contributed by atoms with van der Waals surface area (Å²) in [6, 6.07) is 6.13. The van der Waals surface area contributed by atoms with Crippen LogP contribution in [0.3, 0.4) is 0 Å². The number of aromatic nitrogens is 1. The fraction of sp³-hybridized carbons (Fsp3) is 0.615. The molecule has 0 atom stereocenters. The summed E-state index contributed by atoms with van der Waals surface area (Å²) in [6.45, 7) is 7.80. The van der Waals surface area contributed by atoms with Crippen molar-refractivity contribution in [1.82, 2.24) is 4.98 Å². The first-order valence-electron chi connectivity index (χ1n) is 6.16. The Kier molecular flexibility index (Phi) is 5.77. The van der Waals surface area contributed by atoms with Gasteiger partial charge in [0.25, 0.3) is 0 Å². The average molecular weight is 238 g/mol. The molecule has 0 amide bonds. The van der Waals surface area contributed by atoms with Crippen LogP contribution >= 0.6 is 0 Å². The molecule has 0 bridgehead atoms. The average Bonchev–Trinajstić information content (AvgIpc) is 2.30. The maximum absolute atomic E-state index is 8.91. The number of anilines is 1. The Labute approximate surface area is 103 Å². The Balaban J connectivity index is 2.81. The van der Waals surface area contributed by atoms with Crippen LogP contribution in [0.2, 0.25) is 0 Å². The second-order valence-electron chi connectivity index (χ2n) is 4.13. The third-order valence-electron chi connectivity index (χ3n) is 2.48. The molecule has 0 aliphatic carbocycles. The van der Waals surface area contributed by atoms with Crippen molar-refractivity contribution in [2.24, 2.45) is 0 Å². The molecular formula is C13H22N2O2. The molecule has 0 unspecified atom stereocenters. The van der Waals surface area contributed by atoms with Gasteiger partial charge >= 0.3 is 0 Å². The van der Waals surface area contributed by atoms with E-state index < -0.39 is 0 Å². The Morgan fingerprint density at radius 3 is 2.76 bits per heavy atom. The van der Waals surface area contributed by atoms with E-state index in [4.69, 9.17) is 9.84 Å². The molecule has 0 radical (unpaired) electrons. The van der Waals surface area contributed by atoms with Crippen molar-refractivity contribution in [3.63, 3.8) is 0 Å². The normalized spacial score (nSPS) is 10.6. The molecule has 0 aromatic carbocycles. The van der Waals surface area contributed by atoms with Gasteiger partial charge in [0.15, 0.2) is 0 Å². The summed E-state index contributed by atoms with van der Waals surface area (Å²) in [5.74, 6) is 1.55. The van der Waals surface area contributed by atoms with Crippen LogP contribution in [0.25, 0.3) is 0 Å². The van der Waals surface area contributed by atoms with Gasteiger partial charge < -0.3 is 14.7 Å². The Bertz CT molecular complexity index is 329. The van der Waals surface area contributed by atoms with Gasteiger partial charge in [-0.05, 0) is 33.3 Å². The smallest absolute Gasteiger partial charge is 0.215 e. The molecule has 17 heavy (non-hydrogen) atoms. The van der Waals surface area contributed by atoms with Crippen LogP contribution in [0, 0.1) is 0 Å². The molecule has 1 heterocycles. The van der Waals surface area contributed by atoms with Gasteiger partial charge in [-0.3, -0.25) is 0 Å². The first-order valence-corrected chi connectivity index (χ1v) is 6.16. The van der Waals surface area contributed by atoms with E-state index in [0.29, 0.717) is 18.5 Å². The van der Waals surface area contributed by atoms with Gasteiger partial charge in [-0.1, -0.05) is 6.07 Å². The number of rotatable bonds is 7. The van der Waals surface area contributed by atoms with Gasteiger partial charge in [-0.25, -0.2) is 0 Å². The van der Waals surface area contributed by atoms with Gasteiger partial charge in [-0.15, -0.1) is 0 Å². The zero-order valence-electron chi connectivity index (χ0n) is 10.9. The number of aliphatic hydroxyl groups is 1. The summed E-state index contributed by atoms with van der Waals surface area (Å²) < 4.78 is 5.39. The molecule has 1 N–H and O–H groups in total. The number of pyridine rings is 1. The van der Waals surface area contributed by atoms with Crippen molar-refractivity contribution in [2.75, 3.05) is 24.7 Å². The van der Waals surface area contributed by atoms with Gasteiger partial charge in [0, 0.05) is 25.3 Å². The molecule has 0 saturated carbocycles. The maximum Gasteiger partial charge on any atom is 0.215 e. The van der Waals surface area contributed by atoms with Crippen molar-refractivity contribution < 1.29 is 9.84 Å². The van der Waals surface area contributed by atoms with Gasteiger partial charge in [0.05, 0.1) is 6.61 Å². The molecule has 1 rings (SSSR count). The number of hydrogen-bond donors (Lipinski definition) is 1. The molecule has 0 spiro atoms. The third kappa shape index (κ3) is 4.23. The van der Waals surface area contributed by atoms with E-state index in [2.05, 4.69) is 23.7 Å². The summed E-state index contributed by atoms with van der Waals surface area (Å²) in [4.78, 5) is 6.62. The van der Waals surface area contributed by atoms with E-state index in [0.717, 1.165) is 18.8 Å². The van der Waals surface area contributed by atoms with Crippen LogP contribution in [0.4, 0.5) is 5.82 Å². The van der Waals surface area contributed by atoms with Crippen molar-refractivity contribution in [3.05, 3.63) is 18.2 Å². The van der Waals surface area contributed by atoms with Crippen molar-refractivity contribution in [1.29, 1.82) is 0 Å². The molecule has 1 aromatic heterocycles. The van der Waals surface area contributed by atoms with Crippen molar-refractivity contribution in [2.45, 2.75) is 33.2 Å². The fourth-order valence-corrected chi connectivity index (χ4v) is 1.67. The summed E-state index contributed by atoms with van der Waals surface area (Å²) in [5.41, 5.74) is 0. The topological polar surface area (TPSA) is 45.6 Å². The van der Waals surface area contributed by atoms with E-state index in [9.17, 15) is 0 Å². The van der Waals surface area contributed by atoms with E-state index in [1.54, 1.807) is 0 Å². The molecule has 4 heteroatoms. The van der Waals surface area contributed by atoms with E-state index in [1.807, 2.05) is 25.1 Å². The Hall–Kier alpha value is -1.29. The highest BCUT2D eigenvalue weighted by Crippen LogP contribution is 2.18. The largest absolute Gasteiger partial charge is 0.478 e. The summed E-state index contributed by atoms with van der Waals surface area (Å²) in [5, 5.41) is 8.91. The van der Waals surface area contributed by atoms with Gasteiger partial charge in [0.1, 0.15) is 5.82 Å². The summed E-state index contributed by atoms with van der Waals surface area (Å²) in [6.07, 6.45) is 0.749. The molecule has 0 aliphatic rings. The Morgan fingerprint density at radius 2 is 2.18 bits per heavy atom. The van der Waals surface area contributed by atoms with E-state index in [1.165, 1.54) is 0 Å². The van der Waals surface area contributed by atoms with E-state index >= 15 is 0 Å². The Morgan fingerprint density at radius 1 is 1.41 bits per heavy atom. The highest BCUT2D eigenvalue weighted by Gasteiger charge is 2.11. The quantitative estimate of drug-likeness (QED) is 0.790. The highest BCUT2D eigenvalue weighted by atomic mass is 16.5. The monoisotopic (exact) mass is 238 g/mol. The third-order valence-corrected chi connectivity index (χ3v) is 2.48. The second-order valence-corrected chi connectivity index (χ2v) is 4.13. The van der Waals surface area contributed by atoms with Crippen LogP contribution in [-0.4, -0.2) is 35.9 Å². The minimum absolute atomic E-state index is 0.203. The zero-order valence-corrected chi connectivity index (χ0v) is 10.9. The van der Waals surface area contributed by atoms with Gasteiger partial charge in [0.2, 0.25) is 5.88 Å². The first-order chi connectivity index (χ1) is 8.19. The number of ether oxygens (including phenoxy) is 1. The van der Waals surface area contributed by atoms with Gasteiger partial charge in [-0.2, -0.15) is 4.98 Å². The molecule has 96 valence electrons. The molecule has 4 nitrogen and oxygen atoms in total.